The molecule has 1 aromatic carbocycles. The van der Waals surface area contributed by atoms with Crippen LogP contribution in [0.15, 0.2) is 40.9 Å². The van der Waals surface area contributed by atoms with E-state index in [0.29, 0.717) is 31.1 Å². The van der Waals surface area contributed by atoms with Crippen LogP contribution in [0, 0.1) is 0 Å². The lowest BCUT2D eigenvalue weighted by Crippen LogP contribution is -2.49. The smallest absolute Gasteiger partial charge is 0.243 e. The minimum Gasteiger partial charge on any atom is -0.353 e. The van der Waals surface area contributed by atoms with Crippen molar-refractivity contribution in [1.29, 1.82) is 0 Å². The first kappa shape index (κ1) is 17.1. The number of hydrogen-bond acceptors (Lipinski definition) is 6. The van der Waals surface area contributed by atoms with Gasteiger partial charge >= 0.3 is 0 Å². The topological polar surface area (TPSA) is 66.4 Å². The molecular weight excluding hydrogens is 380 g/mol. The molecule has 0 bridgehead atoms. The van der Waals surface area contributed by atoms with Crippen molar-refractivity contribution in [2.75, 3.05) is 31.1 Å². The maximum atomic E-state index is 13.1. The van der Waals surface area contributed by atoms with E-state index in [2.05, 4.69) is 14.9 Å². The summed E-state index contributed by atoms with van der Waals surface area (Å²) < 4.78 is 27.8. The summed E-state index contributed by atoms with van der Waals surface area (Å²) in [7, 11) is -3.44. The van der Waals surface area contributed by atoms with Gasteiger partial charge in [-0.3, -0.25) is 0 Å². The van der Waals surface area contributed by atoms with E-state index in [1.54, 1.807) is 28.0 Å². The number of nitrogens with zero attached hydrogens (tertiary/aromatic N) is 4. The summed E-state index contributed by atoms with van der Waals surface area (Å²) in [5.41, 5.74) is 2.48. The van der Waals surface area contributed by atoms with E-state index < -0.39 is 10.0 Å². The normalized spacial score (nSPS) is 18.1. The second kappa shape index (κ2) is 6.54. The number of anilines is 1. The monoisotopic (exact) mass is 400 g/mol. The van der Waals surface area contributed by atoms with E-state index >= 15 is 0 Å². The van der Waals surface area contributed by atoms with Gasteiger partial charge in [0.1, 0.15) is 17.0 Å². The zero-order valence-electron chi connectivity index (χ0n) is 14.8. The zero-order valence-corrected chi connectivity index (χ0v) is 16.5. The number of rotatable bonds is 3. The average molecular weight is 401 g/mol. The third-order valence-electron chi connectivity index (χ3n) is 5.49. The third kappa shape index (κ3) is 2.92. The average Bonchev–Trinajstić information content (AvgIpc) is 3.36. The van der Waals surface area contributed by atoms with Crippen LogP contribution < -0.4 is 4.90 Å². The zero-order chi connectivity index (χ0) is 18.4. The number of sulfonamides is 1. The molecule has 27 heavy (non-hydrogen) atoms. The first-order valence-electron chi connectivity index (χ1n) is 9.18. The highest BCUT2D eigenvalue weighted by atomic mass is 32.2. The van der Waals surface area contributed by atoms with E-state index in [-0.39, 0.29) is 0 Å². The molecule has 5 rings (SSSR count). The van der Waals surface area contributed by atoms with Gasteiger partial charge in [-0.1, -0.05) is 6.07 Å². The Kier molecular flexibility index (Phi) is 4.14. The molecule has 0 radical (unpaired) electrons. The van der Waals surface area contributed by atoms with Crippen LogP contribution in [0.1, 0.15) is 17.5 Å². The molecule has 1 saturated heterocycles. The van der Waals surface area contributed by atoms with Gasteiger partial charge in [-0.05, 0) is 54.0 Å². The summed E-state index contributed by atoms with van der Waals surface area (Å²) in [4.78, 5) is 12.3. The van der Waals surface area contributed by atoms with Crippen LogP contribution in [-0.2, 0) is 22.9 Å². The van der Waals surface area contributed by atoms with Crippen LogP contribution in [0.4, 0.5) is 5.82 Å². The molecule has 3 aromatic rings. The largest absolute Gasteiger partial charge is 0.353 e. The fourth-order valence-corrected chi connectivity index (χ4v) is 6.23. The van der Waals surface area contributed by atoms with Gasteiger partial charge in [0.15, 0.2) is 0 Å². The van der Waals surface area contributed by atoms with Crippen LogP contribution >= 0.6 is 11.3 Å². The highest BCUT2D eigenvalue weighted by molar-refractivity contribution is 7.89. The second-order valence-corrected chi connectivity index (χ2v) is 9.84. The number of aromatic nitrogens is 2. The van der Waals surface area contributed by atoms with Crippen molar-refractivity contribution in [1.82, 2.24) is 14.3 Å². The Balaban J connectivity index is 1.36. The lowest BCUT2D eigenvalue weighted by atomic mass is 10.1. The predicted molar refractivity (Wildman–Crippen MR) is 107 cm³/mol. The Labute approximate surface area is 162 Å². The molecular formula is C19H20N4O2S2. The summed E-state index contributed by atoms with van der Waals surface area (Å²) >= 11 is 1.59. The van der Waals surface area contributed by atoms with Crippen LogP contribution in [-0.4, -0.2) is 48.9 Å². The maximum Gasteiger partial charge on any atom is 0.243 e. The van der Waals surface area contributed by atoms with Gasteiger partial charge in [-0.25, -0.2) is 18.4 Å². The number of aryl methyl sites for hydroxylation is 2. The summed E-state index contributed by atoms with van der Waals surface area (Å²) in [6.45, 7) is 2.20. The molecule has 3 heterocycles. The molecule has 2 aromatic heterocycles. The number of piperazine rings is 1. The van der Waals surface area contributed by atoms with E-state index in [4.69, 9.17) is 0 Å². The molecule has 0 saturated carbocycles. The molecule has 0 amide bonds. The molecule has 0 unspecified atom stereocenters. The van der Waals surface area contributed by atoms with Gasteiger partial charge in [0.05, 0.1) is 10.3 Å². The molecule has 140 valence electrons. The predicted octanol–water partition coefficient (Wildman–Crippen LogP) is 2.69. The number of hydrogen-bond donors (Lipinski definition) is 0. The van der Waals surface area contributed by atoms with Crippen molar-refractivity contribution in [3.05, 3.63) is 47.1 Å². The van der Waals surface area contributed by atoms with E-state index in [0.717, 1.165) is 35.3 Å². The number of thiophene rings is 1. The van der Waals surface area contributed by atoms with Crippen molar-refractivity contribution < 1.29 is 8.42 Å². The Hall–Kier alpha value is -2.03. The van der Waals surface area contributed by atoms with Crippen molar-refractivity contribution in [2.45, 2.75) is 24.2 Å². The molecule has 0 spiro atoms. The van der Waals surface area contributed by atoms with Gasteiger partial charge in [0.25, 0.3) is 0 Å². The highest BCUT2D eigenvalue weighted by Gasteiger charge is 2.30. The standard InChI is InChI=1S/C19H20N4O2S2/c24-27(25,16-5-4-14-2-1-3-15(14)12-16)23-9-7-22(8-10-23)18-17-6-11-26-19(17)21-13-20-18/h4-6,11-13H,1-3,7-10H2. The Bertz CT molecular complexity index is 1100. The van der Waals surface area contributed by atoms with Crippen LogP contribution in [0.25, 0.3) is 10.2 Å². The maximum absolute atomic E-state index is 13.1. The summed E-state index contributed by atoms with van der Waals surface area (Å²) in [6, 6.07) is 7.66. The molecule has 2 aliphatic rings. The Morgan fingerprint density at radius 3 is 2.63 bits per heavy atom. The van der Waals surface area contributed by atoms with Gasteiger partial charge in [-0.15, -0.1) is 11.3 Å². The molecule has 1 aliphatic heterocycles. The second-order valence-electron chi connectivity index (χ2n) is 7.01. The quantitative estimate of drug-likeness (QED) is 0.676. The van der Waals surface area contributed by atoms with Crippen molar-refractivity contribution >= 4 is 37.4 Å². The third-order valence-corrected chi connectivity index (χ3v) is 8.20. The van der Waals surface area contributed by atoms with Crippen molar-refractivity contribution in [2.24, 2.45) is 0 Å². The highest BCUT2D eigenvalue weighted by Crippen LogP contribution is 2.29. The molecule has 6 nitrogen and oxygen atoms in total. The van der Waals surface area contributed by atoms with Gasteiger partial charge in [0, 0.05) is 26.2 Å². The van der Waals surface area contributed by atoms with E-state index in [1.807, 2.05) is 23.6 Å². The van der Waals surface area contributed by atoms with Crippen LogP contribution in [0.5, 0.6) is 0 Å². The van der Waals surface area contributed by atoms with Crippen LogP contribution in [0.2, 0.25) is 0 Å². The molecule has 8 heteroatoms. The summed E-state index contributed by atoms with van der Waals surface area (Å²) in [5.74, 6) is 0.899. The van der Waals surface area contributed by atoms with Crippen LogP contribution in [0.3, 0.4) is 0 Å². The number of benzene rings is 1. The molecule has 1 aliphatic carbocycles. The Morgan fingerprint density at radius 1 is 0.963 bits per heavy atom. The van der Waals surface area contributed by atoms with Gasteiger partial charge in [0.2, 0.25) is 10.0 Å². The molecule has 1 fully saturated rings. The summed E-state index contributed by atoms with van der Waals surface area (Å²) in [6.07, 6.45) is 4.75. The SMILES string of the molecule is O=S(=O)(c1ccc2c(c1)CCC2)N1CCN(c2ncnc3sccc23)CC1. The summed E-state index contributed by atoms with van der Waals surface area (Å²) in [5, 5.41) is 3.05. The van der Waals surface area contributed by atoms with E-state index in [9.17, 15) is 8.42 Å². The Morgan fingerprint density at radius 2 is 1.78 bits per heavy atom. The van der Waals surface area contributed by atoms with Gasteiger partial charge < -0.3 is 4.90 Å². The number of fused-ring (bicyclic) bond motifs is 2. The lowest BCUT2D eigenvalue weighted by molar-refractivity contribution is 0.384. The van der Waals surface area contributed by atoms with Crippen molar-refractivity contribution in [3.63, 3.8) is 0 Å². The molecule has 0 atom stereocenters. The fraction of sp³-hybridized carbons (Fsp3) is 0.368. The lowest BCUT2D eigenvalue weighted by Gasteiger charge is -2.34. The van der Waals surface area contributed by atoms with E-state index in [1.165, 1.54) is 11.1 Å². The molecule has 0 N–H and O–H groups in total. The van der Waals surface area contributed by atoms with Crippen molar-refractivity contribution in [3.8, 4) is 0 Å². The first-order chi connectivity index (χ1) is 13.1. The minimum absolute atomic E-state index is 0.430. The minimum atomic E-state index is -3.44. The fourth-order valence-electron chi connectivity index (χ4n) is 4.03. The first-order valence-corrected chi connectivity index (χ1v) is 11.5. The van der Waals surface area contributed by atoms with Gasteiger partial charge in [-0.2, -0.15) is 4.31 Å².